The van der Waals surface area contributed by atoms with Crippen molar-refractivity contribution in [3.05, 3.63) is 29.6 Å². The number of halogens is 1. The van der Waals surface area contributed by atoms with Crippen LogP contribution in [-0.4, -0.2) is 24.4 Å². The van der Waals surface area contributed by atoms with Crippen LogP contribution in [0.3, 0.4) is 0 Å². The van der Waals surface area contributed by atoms with E-state index in [9.17, 15) is 9.18 Å². The number of amides is 1. The maximum Gasteiger partial charge on any atom is 0.246 e. The van der Waals surface area contributed by atoms with E-state index in [1.54, 1.807) is 17.8 Å². The van der Waals surface area contributed by atoms with Crippen molar-refractivity contribution in [1.82, 2.24) is 5.32 Å². The summed E-state index contributed by atoms with van der Waals surface area (Å²) in [6.45, 7) is 3.82. The number of carbonyl (C=O) groups is 1. The first kappa shape index (κ1) is 14.3. The Hall–Kier alpha value is -1.07. The molecule has 1 aliphatic heterocycles. The molecule has 0 fully saturated rings. The molecular weight excluding hydrogens is 265 g/mol. The van der Waals surface area contributed by atoms with Gasteiger partial charge in [-0.25, -0.2) is 4.39 Å². The minimum Gasteiger partial charge on any atom is -0.369 e. The van der Waals surface area contributed by atoms with E-state index in [0.717, 1.165) is 22.6 Å². The second-order valence-corrected chi connectivity index (χ2v) is 5.94. The summed E-state index contributed by atoms with van der Waals surface area (Å²) < 4.78 is 18.6. The molecule has 3 nitrogen and oxygen atoms in total. The van der Waals surface area contributed by atoms with Gasteiger partial charge >= 0.3 is 0 Å². The van der Waals surface area contributed by atoms with Gasteiger partial charge in [0.25, 0.3) is 0 Å². The fraction of sp³-hybridized carbons (Fsp3) is 0.500. The molecule has 1 unspecified atom stereocenters. The van der Waals surface area contributed by atoms with Gasteiger partial charge in [-0.1, -0.05) is 0 Å². The number of hydrogen-bond donors (Lipinski definition) is 1. The van der Waals surface area contributed by atoms with E-state index in [0.29, 0.717) is 0 Å². The lowest BCUT2D eigenvalue weighted by Crippen LogP contribution is -2.34. The maximum absolute atomic E-state index is 13.3. The van der Waals surface area contributed by atoms with Crippen LogP contribution in [0.1, 0.15) is 31.9 Å². The molecule has 1 heterocycles. The molecule has 104 valence electrons. The van der Waals surface area contributed by atoms with Crippen LogP contribution < -0.4 is 5.32 Å². The first-order chi connectivity index (χ1) is 9.06. The molecule has 0 saturated heterocycles. The molecule has 0 spiro atoms. The van der Waals surface area contributed by atoms with Gasteiger partial charge in [-0.05, 0) is 44.0 Å². The van der Waals surface area contributed by atoms with Crippen LogP contribution in [-0.2, 0) is 9.53 Å². The average Bonchev–Trinajstić information content (AvgIpc) is 2.37. The van der Waals surface area contributed by atoms with Crippen LogP contribution in [0.25, 0.3) is 0 Å². The number of ether oxygens (including phenoxy) is 1. The Morgan fingerprint density at radius 2 is 2.37 bits per heavy atom. The molecule has 0 aromatic heterocycles. The summed E-state index contributed by atoms with van der Waals surface area (Å²) in [5, 5.41) is 2.91. The van der Waals surface area contributed by atoms with E-state index < -0.39 is 0 Å². The Morgan fingerprint density at radius 1 is 1.58 bits per heavy atom. The van der Waals surface area contributed by atoms with E-state index in [1.807, 2.05) is 13.8 Å². The van der Waals surface area contributed by atoms with Crippen molar-refractivity contribution < 1.29 is 13.9 Å². The Labute approximate surface area is 116 Å². The van der Waals surface area contributed by atoms with Crippen molar-refractivity contribution in [2.45, 2.75) is 37.3 Å². The highest BCUT2D eigenvalue weighted by atomic mass is 32.2. The summed E-state index contributed by atoms with van der Waals surface area (Å²) in [6, 6.07) is 4.63. The molecular formula is C14H18FNO2S. The van der Waals surface area contributed by atoms with Crippen molar-refractivity contribution in [3.8, 4) is 0 Å². The van der Waals surface area contributed by atoms with Gasteiger partial charge in [-0.2, -0.15) is 0 Å². The highest BCUT2D eigenvalue weighted by Crippen LogP contribution is 2.36. The molecule has 1 N–H and O–H groups in total. The molecule has 1 aliphatic rings. The molecule has 0 aliphatic carbocycles. The Bertz CT molecular complexity index is 465. The molecule has 0 bridgehead atoms. The molecule has 0 radical (unpaired) electrons. The maximum atomic E-state index is 13.3. The second-order valence-electron chi connectivity index (χ2n) is 4.80. The van der Waals surface area contributed by atoms with Gasteiger partial charge in [0.15, 0.2) is 0 Å². The standard InChI is InChI=1S/C14H18FNO2S/c1-9(2)18-8-14(17)16-12-5-6-19-13-4-3-10(15)7-11(12)13/h3-4,7,9,12H,5-6,8H2,1-2H3,(H,16,17). The predicted octanol–water partition coefficient (Wildman–Crippen LogP) is 2.90. The first-order valence-electron chi connectivity index (χ1n) is 6.39. The van der Waals surface area contributed by atoms with Gasteiger partial charge in [-0.3, -0.25) is 4.79 Å². The lowest BCUT2D eigenvalue weighted by molar-refractivity contribution is -0.127. The highest BCUT2D eigenvalue weighted by molar-refractivity contribution is 7.99. The Balaban J connectivity index is 2.03. The lowest BCUT2D eigenvalue weighted by atomic mass is 10.0. The van der Waals surface area contributed by atoms with E-state index in [4.69, 9.17) is 4.74 Å². The van der Waals surface area contributed by atoms with Gasteiger partial charge < -0.3 is 10.1 Å². The first-order valence-corrected chi connectivity index (χ1v) is 7.38. The third-order valence-corrected chi connectivity index (χ3v) is 4.02. The van der Waals surface area contributed by atoms with Gasteiger partial charge in [-0.15, -0.1) is 11.8 Å². The van der Waals surface area contributed by atoms with Crippen molar-refractivity contribution in [3.63, 3.8) is 0 Å². The van der Waals surface area contributed by atoms with Crippen molar-refractivity contribution >= 4 is 17.7 Å². The minimum absolute atomic E-state index is 0.0254. The van der Waals surface area contributed by atoms with Crippen LogP contribution in [0.4, 0.5) is 4.39 Å². The summed E-state index contributed by atoms with van der Waals surface area (Å²) in [6.07, 6.45) is 0.839. The zero-order valence-corrected chi connectivity index (χ0v) is 11.9. The van der Waals surface area contributed by atoms with Gasteiger partial charge in [0.05, 0.1) is 12.1 Å². The van der Waals surface area contributed by atoms with E-state index in [2.05, 4.69) is 5.32 Å². The SMILES string of the molecule is CC(C)OCC(=O)NC1CCSc2ccc(F)cc21. The minimum atomic E-state index is -0.265. The van der Waals surface area contributed by atoms with Crippen LogP contribution >= 0.6 is 11.8 Å². The third-order valence-electron chi connectivity index (χ3n) is 2.89. The monoisotopic (exact) mass is 283 g/mol. The molecule has 1 aromatic rings. The number of fused-ring (bicyclic) bond motifs is 1. The summed E-state index contributed by atoms with van der Waals surface area (Å²) in [5.41, 5.74) is 0.870. The van der Waals surface area contributed by atoms with Crippen LogP contribution in [0.5, 0.6) is 0 Å². The molecule has 1 aromatic carbocycles. The smallest absolute Gasteiger partial charge is 0.246 e. The van der Waals surface area contributed by atoms with Gasteiger partial charge in [0.2, 0.25) is 5.91 Å². The van der Waals surface area contributed by atoms with E-state index in [1.165, 1.54) is 12.1 Å². The summed E-state index contributed by atoms with van der Waals surface area (Å²) >= 11 is 1.70. The van der Waals surface area contributed by atoms with Gasteiger partial charge in [0.1, 0.15) is 12.4 Å². The fourth-order valence-electron chi connectivity index (χ4n) is 1.99. The number of hydrogen-bond acceptors (Lipinski definition) is 3. The fourth-order valence-corrected chi connectivity index (χ4v) is 3.10. The number of carbonyl (C=O) groups excluding carboxylic acids is 1. The molecule has 1 atom stereocenters. The number of thioether (sulfide) groups is 1. The van der Waals surface area contributed by atoms with E-state index >= 15 is 0 Å². The zero-order valence-electron chi connectivity index (χ0n) is 11.1. The summed E-state index contributed by atoms with van der Waals surface area (Å²) in [7, 11) is 0. The van der Waals surface area contributed by atoms with Crippen molar-refractivity contribution in [2.24, 2.45) is 0 Å². The normalized spacial score (nSPS) is 18.2. The van der Waals surface area contributed by atoms with Crippen molar-refractivity contribution in [2.75, 3.05) is 12.4 Å². The predicted molar refractivity (Wildman–Crippen MR) is 73.7 cm³/mol. The summed E-state index contributed by atoms with van der Waals surface area (Å²) in [4.78, 5) is 12.8. The van der Waals surface area contributed by atoms with Gasteiger partial charge in [0, 0.05) is 10.6 Å². The Morgan fingerprint density at radius 3 is 3.11 bits per heavy atom. The average molecular weight is 283 g/mol. The van der Waals surface area contributed by atoms with Crippen molar-refractivity contribution in [1.29, 1.82) is 0 Å². The number of benzene rings is 1. The number of nitrogens with one attached hydrogen (secondary N) is 1. The topological polar surface area (TPSA) is 38.3 Å². The zero-order chi connectivity index (χ0) is 13.8. The third kappa shape index (κ3) is 3.94. The lowest BCUT2D eigenvalue weighted by Gasteiger charge is -2.26. The largest absolute Gasteiger partial charge is 0.369 e. The molecule has 2 rings (SSSR count). The number of rotatable bonds is 4. The molecule has 1 amide bonds. The van der Waals surface area contributed by atoms with Crippen LogP contribution in [0.15, 0.2) is 23.1 Å². The molecule has 0 saturated carbocycles. The van der Waals surface area contributed by atoms with Crippen LogP contribution in [0.2, 0.25) is 0 Å². The van der Waals surface area contributed by atoms with Crippen LogP contribution in [0, 0.1) is 5.82 Å². The highest BCUT2D eigenvalue weighted by Gasteiger charge is 2.22. The quantitative estimate of drug-likeness (QED) is 0.923. The molecule has 5 heteroatoms. The second kappa shape index (κ2) is 6.39. The summed E-state index contributed by atoms with van der Waals surface area (Å²) in [5.74, 6) is 0.508. The Kier molecular flexibility index (Phi) is 4.82. The van der Waals surface area contributed by atoms with E-state index in [-0.39, 0.29) is 30.5 Å². The molecule has 19 heavy (non-hydrogen) atoms.